The van der Waals surface area contributed by atoms with Crippen LogP contribution in [0.2, 0.25) is 0 Å². The Balaban J connectivity index is 0.000000442. The van der Waals surface area contributed by atoms with Crippen molar-refractivity contribution < 1.29 is 0 Å². The van der Waals surface area contributed by atoms with Crippen LogP contribution in [0.1, 0.15) is 85.5 Å². The van der Waals surface area contributed by atoms with Crippen molar-refractivity contribution in [1.82, 2.24) is 0 Å². The fourth-order valence-corrected chi connectivity index (χ4v) is 3.03. The zero-order valence-electron chi connectivity index (χ0n) is 11.5. The Kier molecular flexibility index (Phi) is 10.5. The summed E-state index contributed by atoms with van der Waals surface area (Å²) in [6, 6.07) is 0. The number of rotatable bonds is 0. The zero-order chi connectivity index (χ0) is 11.5. The molecule has 0 aromatic heterocycles. The van der Waals surface area contributed by atoms with Gasteiger partial charge in [-0.1, -0.05) is 85.5 Å². The predicted octanol–water partition coefficient (Wildman–Crippen LogP) is 5.81. The second-order valence-corrected chi connectivity index (χ2v) is 4.44. The van der Waals surface area contributed by atoms with Crippen LogP contribution < -0.4 is 0 Å². The molecule has 0 aromatic rings. The smallest absolute Gasteiger partial charge is 0.0386 e. The lowest BCUT2D eigenvalue weighted by Crippen LogP contribution is -2.17. The molecule has 2 rings (SSSR count). The summed E-state index contributed by atoms with van der Waals surface area (Å²) in [6.07, 6.45) is 13.9. The van der Waals surface area contributed by atoms with E-state index in [0.29, 0.717) is 0 Å². The van der Waals surface area contributed by atoms with E-state index < -0.39 is 0 Å². The first-order chi connectivity index (χ1) is 7.47. The summed E-state index contributed by atoms with van der Waals surface area (Å²) in [4.78, 5) is 0. The van der Waals surface area contributed by atoms with Crippen LogP contribution in [0.4, 0.5) is 0 Å². The first kappa shape index (κ1) is 15.0. The van der Waals surface area contributed by atoms with Gasteiger partial charge in [0.05, 0.1) is 0 Å². The van der Waals surface area contributed by atoms with Gasteiger partial charge < -0.3 is 0 Å². The van der Waals surface area contributed by atoms with Gasteiger partial charge in [0.15, 0.2) is 0 Å². The van der Waals surface area contributed by atoms with E-state index >= 15 is 0 Å². The average Bonchev–Trinajstić information content (AvgIpc) is 2.59. The summed E-state index contributed by atoms with van der Waals surface area (Å²) in [6.45, 7) is 8.00. The van der Waals surface area contributed by atoms with Crippen molar-refractivity contribution >= 4 is 0 Å². The molecule has 2 saturated carbocycles. The molecule has 92 valence electrons. The Hall–Kier alpha value is 0. The maximum atomic E-state index is 2.00. The molecular weight excluding hydrogens is 180 g/mol. The Morgan fingerprint density at radius 3 is 1.07 bits per heavy atom. The molecule has 0 N–H and O–H groups in total. The van der Waals surface area contributed by atoms with Crippen molar-refractivity contribution in [1.29, 1.82) is 0 Å². The number of hydrogen-bond acceptors (Lipinski definition) is 0. The van der Waals surface area contributed by atoms with E-state index in [-0.39, 0.29) is 0 Å². The van der Waals surface area contributed by atoms with E-state index in [1.165, 1.54) is 32.1 Å². The van der Waals surface area contributed by atoms with Gasteiger partial charge in [0, 0.05) is 0 Å². The highest BCUT2D eigenvalue weighted by atomic mass is 14.3. The molecule has 0 amide bonds. The van der Waals surface area contributed by atoms with Gasteiger partial charge in [0.2, 0.25) is 0 Å². The minimum absolute atomic E-state index is 1.14. The maximum Gasteiger partial charge on any atom is -0.0386 e. The number of hydrogen-bond donors (Lipinski definition) is 0. The summed E-state index contributed by atoms with van der Waals surface area (Å²) in [7, 11) is 0. The van der Waals surface area contributed by atoms with Crippen LogP contribution in [0.5, 0.6) is 0 Å². The molecular formula is C15H32. The summed E-state index contributed by atoms with van der Waals surface area (Å²) in [5.74, 6) is 2.29. The normalized spacial score (nSPS) is 29.6. The van der Waals surface area contributed by atoms with Gasteiger partial charge in [0.1, 0.15) is 0 Å². The largest absolute Gasteiger partial charge is 0.0683 e. The lowest BCUT2D eigenvalue weighted by atomic mass is 9.77. The summed E-state index contributed by atoms with van der Waals surface area (Å²) in [5, 5.41) is 0. The molecule has 2 fully saturated rings. The Bertz CT molecular complexity index is 103. The maximum absolute atomic E-state index is 2.00. The first-order valence-corrected chi connectivity index (χ1v) is 7.47. The van der Waals surface area contributed by atoms with Crippen molar-refractivity contribution in [3.63, 3.8) is 0 Å². The third kappa shape index (κ3) is 5.58. The Morgan fingerprint density at radius 2 is 0.733 bits per heavy atom. The molecule has 0 heterocycles. The first-order valence-electron chi connectivity index (χ1n) is 7.47. The molecule has 2 unspecified atom stereocenters. The van der Waals surface area contributed by atoms with E-state index in [1.807, 2.05) is 27.7 Å². The quantitative estimate of drug-likeness (QED) is 0.475. The Labute approximate surface area is 97.8 Å². The fourth-order valence-electron chi connectivity index (χ4n) is 3.03. The minimum Gasteiger partial charge on any atom is -0.0683 e. The van der Waals surface area contributed by atoms with Crippen molar-refractivity contribution in [3.8, 4) is 0 Å². The van der Waals surface area contributed by atoms with Gasteiger partial charge in [-0.05, 0) is 11.8 Å². The highest BCUT2D eigenvalue weighted by Gasteiger charge is 2.25. The van der Waals surface area contributed by atoms with Crippen LogP contribution in [0.25, 0.3) is 0 Å². The standard InChI is InChI=1S/C11H20.2C2H6/c1-2-6-10-8-4-5-9-11(10)7-3-1;2*1-2/h10-11H,1-9H2;2*1-2H3. The van der Waals surface area contributed by atoms with Crippen LogP contribution in [0.3, 0.4) is 0 Å². The molecule has 2 aliphatic rings. The van der Waals surface area contributed by atoms with E-state index in [9.17, 15) is 0 Å². The fraction of sp³-hybridized carbons (Fsp3) is 1.00. The predicted molar refractivity (Wildman–Crippen MR) is 71.2 cm³/mol. The Morgan fingerprint density at radius 1 is 0.467 bits per heavy atom. The molecule has 2 aliphatic carbocycles. The molecule has 15 heavy (non-hydrogen) atoms. The molecule has 0 aliphatic heterocycles. The van der Waals surface area contributed by atoms with Gasteiger partial charge in [0.25, 0.3) is 0 Å². The second-order valence-electron chi connectivity index (χ2n) is 4.44. The number of fused-ring (bicyclic) bond motifs is 1. The van der Waals surface area contributed by atoms with Gasteiger partial charge in [-0.15, -0.1) is 0 Å². The van der Waals surface area contributed by atoms with Crippen molar-refractivity contribution in [2.45, 2.75) is 85.5 Å². The average molecular weight is 212 g/mol. The van der Waals surface area contributed by atoms with E-state index in [4.69, 9.17) is 0 Å². The third-order valence-corrected chi connectivity index (χ3v) is 3.72. The highest BCUT2D eigenvalue weighted by molar-refractivity contribution is 4.77. The van der Waals surface area contributed by atoms with Gasteiger partial charge >= 0.3 is 0 Å². The third-order valence-electron chi connectivity index (χ3n) is 3.72. The summed E-state index contributed by atoms with van der Waals surface area (Å²) < 4.78 is 0. The molecule has 0 nitrogen and oxygen atoms in total. The van der Waals surface area contributed by atoms with Crippen molar-refractivity contribution in [2.24, 2.45) is 11.8 Å². The van der Waals surface area contributed by atoms with Crippen LogP contribution >= 0.6 is 0 Å². The molecule has 0 spiro atoms. The molecule has 0 heteroatoms. The monoisotopic (exact) mass is 212 g/mol. The SMILES string of the molecule is C1CCC2CCCCC2CC1.CC.CC. The van der Waals surface area contributed by atoms with Crippen LogP contribution in [0.15, 0.2) is 0 Å². The second kappa shape index (κ2) is 10.5. The van der Waals surface area contributed by atoms with Crippen molar-refractivity contribution in [2.75, 3.05) is 0 Å². The molecule has 0 radical (unpaired) electrons. The van der Waals surface area contributed by atoms with Gasteiger partial charge in [-0.2, -0.15) is 0 Å². The highest BCUT2D eigenvalue weighted by Crippen LogP contribution is 2.38. The van der Waals surface area contributed by atoms with E-state index in [2.05, 4.69) is 0 Å². The van der Waals surface area contributed by atoms with Crippen molar-refractivity contribution in [3.05, 3.63) is 0 Å². The molecule has 0 aromatic carbocycles. The molecule has 0 bridgehead atoms. The van der Waals surface area contributed by atoms with Crippen LogP contribution in [-0.4, -0.2) is 0 Å². The molecule has 0 saturated heterocycles. The zero-order valence-corrected chi connectivity index (χ0v) is 11.5. The van der Waals surface area contributed by atoms with Crippen LogP contribution in [-0.2, 0) is 0 Å². The topological polar surface area (TPSA) is 0 Å². The minimum atomic E-state index is 1.14. The lowest BCUT2D eigenvalue weighted by molar-refractivity contribution is 0.224. The van der Waals surface area contributed by atoms with Crippen LogP contribution in [0, 0.1) is 11.8 Å². The van der Waals surface area contributed by atoms with Gasteiger partial charge in [-0.3, -0.25) is 0 Å². The molecule has 2 atom stereocenters. The van der Waals surface area contributed by atoms with E-state index in [1.54, 1.807) is 25.7 Å². The van der Waals surface area contributed by atoms with Gasteiger partial charge in [-0.25, -0.2) is 0 Å². The summed E-state index contributed by atoms with van der Waals surface area (Å²) in [5.41, 5.74) is 0. The summed E-state index contributed by atoms with van der Waals surface area (Å²) >= 11 is 0. The van der Waals surface area contributed by atoms with E-state index in [0.717, 1.165) is 11.8 Å². The lowest BCUT2D eigenvalue weighted by Gasteiger charge is -2.29.